The van der Waals surface area contributed by atoms with E-state index in [4.69, 9.17) is 0 Å². The fourth-order valence-corrected chi connectivity index (χ4v) is 3.48. The van der Waals surface area contributed by atoms with Crippen LogP contribution in [-0.2, 0) is 4.79 Å². The molecule has 2 rings (SSSR count). The molecule has 1 aliphatic rings. The van der Waals surface area contributed by atoms with E-state index in [9.17, 15) is 9.59 Å². The van der Waals surface area contributed by atoms with Gasteiger partial charge in [-0.15, -0.1) is 0 Å². The second-order valence-corrected chi connectivity index (χ2v) is 8.53. The van der Waals surface area contributed by atoms with Gasteiger partial charge in [0.25, 0.3) is 0 Å². The van der Waals surface area contributed by atoms with Gasteiger partial charge in [0.15, 0.2) is 0 Å². The standard InChI is InChI=1S/C22H35N3O2/c1-14(2)17-9-10-20(19(12-17)15(3)4)24-21(26)18-8-7-11-25(13-18)22(27)23-16(5)6/h9-10,12,14-16,18H,7-8,11,13H2,1-6H3,(H,23,27)(H,24,26). The van der Waals surface area contributed by atoms with Gasteiger partial charge in [-0.25, -0.2) is 4.79 Å². The summed E-state index contributed by atoms with van der Waals surface area (Å²) in [5.41, 5.74) is 3.34. The lowest BCUT2D eigenvalue weighted by Gasteiger charge is -2.32. The Balaban J connectivity index is 2.09. The SMILES string of the molecule is CC(C)NC(=O)N1CCCC(C(=O)Nc2ccc(C(C)C)cc2C(C)C)C1. The molecule has 5 nitrogen and oxygen atoms in total. The van der Waals surface area contributed by atoms with Gasteiger partial charge in [0, 0.05) is 24.8 Å². The second kappa shape index (κ2) is 9.25. The summed E-state index contributed by atoms with van der Waals surface area (Å²) < 4.78 is 0. The molecule has 1 heterocycles. The van der Waals surface area contributed by atoms with Crippen molar-refractivity contribution in [2.24, 2.45) is 5.92 Å². The monoisotopic (exact) mass is 373 g/mol. The zero-order valence-corrected chi connectivity index (χ0v) is 17.6. The van der Waals surface area contributed by atoms with Gasteiger partial charge in [-0.3, -0.25) is 4.79 Å². The van der Waals surface area contributed by atoms with Crippen LogP contribution in [0, 0.1) is 5.92 Å². The quantitative estimate of drug-likeness (QED) is 0.786. The minimum absolute atomic E-state index is 0.0104. The molecule has 27 heavy (non-hydrogen) atoms. The molecule has 1 aromatic rings. The van der Waals surface area contributed by atoms with Crippen molar-refractivity contribution in [3.63, 3.8) is 0 Å². The molecule has 1 atom stereocenters. The number of hydrogen-bond acceptors (Lipinski definition) is 2. The Morgan fingerprint density at radius 2 is 1.78 bits per heavy atom. The minimum atomic E-state index is -0.165. The molecule has 1 aromatic carbocycles. The van der Waals surface area contributed by atoms with Crippen molar-refractivity contribution in [2.75, 3.05) is 18.4 Å². The zero-order chi connectivity index (χ0) is 20.1. The van der Waals surface area contributed by atoms with Gasteiger partial charge in [0.2, 0.25) is 5.91 Å². The van der Waals surface area contributed by atoms with Crippen LogP contribution in [0.3, 0.4) is 0 Å². The lowest BCUT2D eigenvalue weighted by molar-refractivity contribution is -0.121. The smallest absolute Gasteiger partial charge is 0.317 e. The first-order valence-corrected chi connectivity index (χ1v) is 10.2. The van der Waals surface area contributed by atoms with Gasteiger partial charge in [-0.05, 0) is 55.7 Å². The summed E-state index contributed by atoms with van der Waals surface area (Å²) in [4.78, 5) is 26.9. The van der Waals surface area contributed by atoms with E-state index < -0.39 is 0 Å². The Kier molecular flexibility index (Phi) is 7.28. The van der Waals surface area contributed by atoms with E-state index in [0.29, 0.717) is 24.9 Å². The summed E-state index contributed by atoms with van der Waals surface area (Å²) in [5, 5.41) is 6.05. The third-order valence-corrected chi connectivity index (χ3v) is 5.11. The van der Waals surface area contributed by atoms with E-state index >= 15 is 0 Å². The molecule has 1 fully saturated rings. The number of nitrogens with one attached hydrogen (secondary N) is 2. The van der Waals surface area contributed by atoms with E-state index in [2.05, 4.69) is 50.5 Å². The number of anilines is 1. The van der Waals surface area contributed by atoms with Crippen molar-refractivity contribution < 1.29 is 9.59 Å². The Bertz CT molecular complexity index is 668. The van der Waals surface area contributed by atoms with Crippen molar-refractivity contribution in [2.45, 2.75) is 72.3 Å². The maximum Gasteiger partial charge on any atom is 0.317 e. The Labute approximate surface area is 163 Å². The van der Waals surface area contributed by atoms with Crippen LogP contribution < -0.4 is 10.6 Å². The molecule has 1 unspecified atom stereocenters. The summed E-state index contributed by atoms with van der Waals surface area (Å²) in [6, 6.07) is 6.34. The van der Waals surface area contributed by atoms with Crippen LogP contribution in [0.4, 0.5) is 10.5 Å². The van der Waals surface area contributed by atoms with E-state index in [1.54, 1.807) is 4.90 Å². The first kappa shape index (κ1) is 21.3. The van der Waals surface area contributed by atoms with E-state index in [1.807, 2.05) is 19.9 Å². The largest absolute Gasteiger partial charge is 0.336 e. The van der Waals surface area contributed by atoms with Crippen molar-refractivity contribution in [1.82, 2.24) is 10.2 Å². The first-order chi connectivity index (χ1) is 12.7. The molecule has 2 N–H and O–H groups in total. The maximum atomic E-state index is 12.9. The van der Waals surface area contributed by atoms with Crippen molar-refractivity contribution in [1.29, 1.82) is 0 Å². The number of carbonyl (C=O) groups excluding carboxylic acids is 2. The van der Waals surface area contributed by atoms with Crippen LogP contribution in [0.1, 0.15) is 77.3 Å². The predicted octanol–water partition coefficient (Wildman–Crippen LogP) is 4.70. The highest BCUT2D eigenvalue weighted by Gasteiger charge is 2.29. The van der Waals surface area contributed by atoms with Gasteiger partial charge in [0.1, 0.15) is 0 Å². The highest BCUT2D eigenvalue weighted by molar-refractivity contribution is 5.94. The lowest BCUT2D eigenvalue weighted by Crippen LogP contribution is -2.49. The Morgan fingerprint density at radius 3 is 2.37 bits per heavy atom. The van der Waals surface area contributed by atoms with E-state index in [0.717, 1.165) is 18.5 Å². The van der Waals surface area contributed by atoms with Gasteiger partial charge in [-0.2, -0.15) is 0 Å². The van der Waals surface area contributed by atoms with E-state index in [-0.39, 0.29) is 23.9 Å². The third-order valence-electron chi connectivity index (χ3n) is 5.11. The topological polar surface area (TPSA) is 61.4 Å². The number of nitrogens with zero attached hydrogens (tertiary/aromatic N) is 1. The minimum Gasteiger partial charge on any atom is -0.336 e. The first-order valence-electron chi connectivity index (χ1n) is 10.2. The predicted molar refractivity (Wildman–Crippen MR) is 111 cm³/mol. The van der Waals surface area contributed by atoms with Gasteiger partial charge >= 0.3 is 6.03 Å². The highest BCUT2D eigenvalue weighted by atomic mass is 16.2. The van der Waals surface area contributed by atoms with E-state index in [1.165, 1.54) is 11.1 Å². The lowest BCUT2D eigenvalue weighted by atomic mass is 9.93. The van der Waals surface area contributed by atoms with Gasteiger partial charge in [0.05, 0.1) is 5.92 Å². The number of likely N-dealkylation sites (tertiary alicyclic amines) is 1. The molecule has 0 saturated carbocycles. The number of carbonyl (C=O) groups is 2. The number of amides is 3. The summed E-state index contributed by atoms with van der Waals surface area (Å²) in [6.45, 7) is 13.7. The molecular weight excluding hydrogens is 338 g/mol. The number of urea groups is 1. The molecule has 5 heteroatoms. The van der Waals surface area contributed by atoms with Crippen LogP contribution in [0.2, 0.25) is 0 Å². The molecule has 3 amide bonds. The third kappa shape index (κ3) is 5.72. The van der Waals surface area contributed by atoms with Crippen LogP contribution >= 0.6 is 0 Å². The normalized spacial score (nSPS) is 17.5. The molecule has 150 valence electrons. The van der Waals surface area contributed by atoms with Crippen LogP contribution in [-0.4, -0.2) is 36.0 Å². The maximum absolute atomic E-state index is 12.9. The van der Waals surface area contributed by atoms with Crippen molar-refractivity contribution in [3.8, 4) is 0 Å². The van der Waals surface area contributed by atoms with Crippen molar-refractivity contribution >= 4 is 17.6 Å². The number of benzene rings is 1. The van der Waals surface area contributed by atoms with Crippen molar-refractivity contribution in [3.05, 3.63) is 29.3 Å². The molecule has 0 bridgehead atoms. The summed E-state index contributed by atoms with van der Waals surface area (Å²) in [5.74, 6) is 0.634. The Morgan fingerprint density at radius 1 is 1.07 bits per heavy atom. The fourth-order valence-electron chi connectivity index (χ4n) is 3.48. The number of hydrogen-bond donors (Lipinski definition) is 2. The number of piperidine rings is 1. The average molecular weight is 374 g/mol. The second-order valence-electron chi connectivity index (χ2n) is 8.53. The highest BCUT2D eigenvalue weighted by Crippen LogP contribution is 2.29. The molecule has 1 aliphatic heterocycles. The average Bonchev–Trinajstić information content (AvgIpc) is 2.61. The molecular formula is C22H35N3O2. The van der Waals surface area contributed by atoms with Crippen LogP contribution in [0.15, 0.2) is 18.2 Å². The van der Waals surface area contributed by atoms with Crippen LogP contribution in [0.5, 0.6) is 0 Å². The molecule has 1 saturated heterocycles. The van der Waals surface area contributed by atoms with Gasteiger partial charge < -0.3 is 15.5 Å². The zero-order valence-electron chi connectivity index (χ0n) is 17.6. The molecule has 0 radical (unpaired) electrons. The Hall–Kier alpha value is -2.04. The molecule has 0 aromatic heterocycles. The van der Waals surface area contributed by atoms with Crippen LogP contribution in [0.25, 0.3) is 0 Å². The number of rotatable bonds is 5. The summed E-state index contributed by atoms with van der Waals surface area (Å²) >= 11 is 0. The fraction of sp³-hybridized carbons (Fsp3) is 0.636. The summed E-state index contributed by atoms with van der Waals surface area (Å²) in [7, 11) is 0. The van der Waals surface area contributed by atoms with Gasteiger partial charge in [-0.1, -0.05) is 39.8 Å². The molecule has 0 spiro atoms. The molecule has 0 aliphatic carbocycles. The summed E-state index contributed by atoms with van der Waals surface area (Å²) in [6.07, 6.45) is 1.67.